The molecular formula is C14H21ClN2O. The van der Waals surface area contributed by atoms with E-state index in [1.807, 2.05) is 4.90 Å². The third kappa shape index (κ3) is 3.03. The number of carbonyl (C=O) groups excluding carboxylic acids is 1. The number of hydrogen-bond acceptors (Lipinski definition) is 2. The summed E-state index contributed by atoms with van der Waals surface area (Å²) in [7, 11) is 0. The highest BCUT2D eigenvalue weighted by Crippen LogP contribution is 2.32. The number of likely N-dealkylation sites (tertiary alicyclic amines) is 1. The lowest BCUT2D eigenvalue weighted by Gasteiger charge is -2.26. The van der Waals surface area contributed by atoms with E-state index in [2.05, 4.69) is 31.2 Å². The maximum absolute atomic E-state index is 12.0. The molecule has 1 fully saturated rings. The molecule has 0 bridgehead atoms. The van der Waals surface area contributed by atoms with Gasteiger partial charge < -0.3 is 10.6 Å². The molecule has 0 spiro atoms. The van der Waals surface area contributed by atoms with E-state index < -0.39 is 6.04 Å². The summed E-state index contributed by atoms with van der Waals surface area (Å²) < 4.78 is 0. The van der Waals surface area contributed by atoms with Crippen molar-refractivity contribution in [2.45, 2.75) is 38.8 Å². The minimum Gasteiger partial charge on any atom is -0.334 e. The molecule has 1 heterocycles. The van der Waals surface area contributed by atoms with E-state index in [4.69, 9.17) is 5.73 Å². The van der Waals surface area contributed by atoms with Crippen LogP contribution in [0.5, 0.6) is 0 Å². The Morgan fingerprint density at radius 1 is 1.50 bits per heavy atom. The van der Waals surface area contributed by atoms with Gasteiger partial charge in [-0.15, -0.1) is 12.4 Å². The molecule has 1 saturated heterocycles. The van der Waals surface area contributed by atoms with Crippen LogP contribution in [0.3, 0.4) is 0 Å². The first-order chi connectivity index (χ1) is 8.09. The lowest BCUT2D eigenvalue weighted by Crippen LogP contribution is -2.41. The smallest absolute Gasteiger partial charge is 0.239 e. The quantitative estimate of drug-likeness (QED) is 0.895. The summed E-state index contributed by atoms with van der Waals surface area (Å²) in [4.78, 5) is 13.9. The molecule has 1 unspecified atom stereocenters. The van der Waals surface area contributed by atoms with Crippen molar-refractivity contribution in [3.05, 3.63) is 35.4 Å². The van der Waals surface area contributed by atoms with E-state index >= 15 is 0 Å². The van der Waals surface area contributed by atoms with Crippen LogP contribution in [0.25, 0.3) is 0 Å². The van der Waals surface area contributed by atoms with Gasteiger partial charge in [0.15, 0.2) is 0 Å². The molecule has 4 heteroatoms. The summed E-state index contributed by atoms with van der Waals surface area (Å²) >= 11 is 0. The van der Waals surface area contributed by atoms with Crippen molar-refractivity contribution in [1.82, 2.24) is 4.90 Å². The Bertz CT molecular complexity index is 420. The summed E-state index contributed by atoms with van der Waals surface area (Å²) in [6, 6.07) is 8.21. The number of carbonyl (C=O) groups is 1. The average Bonchev–Trinajstić information content (AvgIpc) is 2.76. The molecule has 0 aliphatic carbocycles. The maximum Gasteiger partial charge on any atom is 0.239 e. The van der Waals surface area contributed by atoms with E-state index in [1.54, 1.807) is 6.92 Å². The van der Waals surface area contributed by atoms with Crippen LogP contribution >= 0.6 is 12.4 Å². The van der Waals surface area contributed by atoms with Gasteiger partial charge in [0.1, 0.15) is 0 Å². The van der Waals surface area contributed by atoms with Crippen molar-refractivity contribution >= 4 is 18.3 Å². The third-order valence-electron chi connectivity index (χ3n) is 3.35. The molecule has 1 aromatic rings. The highest BCUT2D eigenvalue weighted by Gasteiger charge is 2.31. The van der Waals surface area contributed by atoms with Crippen LogP contribution in [0.4, 0.5) is 0 Å². The molecule has 0 aromatic heterocycles. The van der Waals surface area contributed by atoms with E-state index in [1.165, 1.54) is 11.1 Å². The normalized spacial score (nSPS) is 20.4. The molecule has 1 aliphatic rings. The molecule has 1 aromatic carbocycles. The molecular weight excluding hydrogens is 248 g/mol. The molecule has 2 N–H and O–H groups in total. The minimum atomic E-state index is -0.402. The summed E-state index contributed by atoms with van der Waals surface area (Å²) in [6.45, 7) is 4.67. The zero-order valence-electron chi connectivity index (χ0n) is 10.9. The lowest BCUT2D eigenvalue weighted by molar-refractivity contribution is -0.133. The van der Waals surface area contributed by atoms with Crippen molar-refractivity contribution < 1.29 is 4.79 Å². The molecule has 100 valence electrons. The predicted octanol–water partition coefficient (Wildman–Crippen LogP) is 2.43. The van der Waals surface area contributed by atoms with Crippen molar-refractivity contribution in [1.29, 1.82) is 0 Å². The van der Waals surface area contributed by atoms with Gasteiger partial charge >= 0.3 is 0 Å². The second-order valence-electron chi connectivity index (χ2n) is 4.89. The van der Waals surface area contributed by atoms with Gasteiger partial charge in [0, 0.05) is 6.54 Å². The van der Waals surface area contributed by atoms with Gasteiger partial charge in [-0.1, -0.05) is 29.8 Å². The van der Waals surface area contributed by atoms with Crippen LogP contribution < -0.4 is 5.73 Å². The number of hydrogen-bond donors (Lipinski definition) is 1. The van der Waals surface area contributed by atoms with Crippen molar-refractivity contribution in [3.8, 4) is 0 Å². The Hall–Kier alpha value is -1.06. The first kappa shape index (κ1) is 15.0. The first-order valence-electron chi connectivity index (χ1n) is 6.22. The summed E-state index contributed by atoms with van der Waals surface area (Å²) in [6.07, 6.45) is 2.11. The highest BCUT2D eigenvalue weighted by molar-refractivity contribution is 5.85. The molecule has 1 amide bonds. The number of amides is 1. The SMILES string of the molecule is Cc1cccc(C2CCCN2C(=O)[C@@H](C)N)c1.Cl. The van der Waals surface area contributed by atoms with Crippen LogP contribution in [0.15, 0.2) is 24.3 Å². The van der Waals surface area contributed by atoms with Crippen molar-refractivity contribution in [2.75, 3.05) is 6.54 Å². The Balaban J connectivity index is 0.00000162. The number of nitrogens with two attached hydrogens (primary N) is 1. The molecule has 0 radical (unpaired) electrons. The standard InChI is InChI=1S/C14H20N2O.ClH/c1-10-5-3-6-12(9-10)13-7-4-8-16(13)14(17)11(2)15;/h3,5-6,9,11,13H,4,7-8,15H2,1-2H3;1H/t11-,13?;/m1./s1. The first-order valence-corrected chi connectivity index (χ1v) is 6.22. The number of rotatable bonds is 2. The zero-order chi connectivity index (χ0) is 12.4. The molecule has 1 aliphatic heterocycles. The minimum absolute atomic E-state index is 0. The van der Waals surface area contributed by atoms with Crippen LogP contribution in [-0.2, 0) is 4.79 Å². The van der Waals surface area contributed by atoms with E-state index in [9.17, 15) is 4.79 Å². The van der Waals surface area contributed by atoms with Gasteiger partial charge in [-0.25, -0.2) is 0 Å². The number of halogens is 1. The number of aryl methyl sites for hydroxylation is 1. The topological polar surface area (TPSA) is 46.3 Å². The van der Waals surface area contributed by atoms with Gasteiger partial charge in [0.05, 0.1) is 12.1 Å². The van der Waals surface area contributed by atoms with Crippen LogP contribution in [-0.4, -0.2) is 23.4 Å². The maximum atomic E-state index is 12.0. The Kier molecular flexibility index (Phi) is 5.17. The largest absolute Gasteiger partial charge is 0.334 e. The third-order valence-corrected chi connectivity index (χ3v) is 3.35. The number of nitrogens with zero attached hydrogens (tertiary/aromatic N) is 1. The predicted molar refractivity (Wildman–Crippen MR) is 75.8 cm³/mol. The fraction of sp³-hybridized carbons (Fsp3) is 0.500. The summed E-state index contributed by atoms with van der Waals surface area (Å²) in [5.74, 6) is 0.0639. The van der Waals surface area contributed by atoms with Crippen molar-refractivity contribution in [3.63, 3.8) is 0 Å². The fourth-order valence-corrected chi connectivity index (χ4v) is 2.52. The molecule has 0 saturated carbocycles. The molecule has 3 nitrogen and oxygen atoms in total. The van der Waals surface area contributed by atoms with Crippen molar-refractivity contribution in [2.24, 2.45) is 5.73 Å². The Labute approximate surface area is 115 Å². The summed E-state index contributed by atoms with van der Waals surface area (Å²) in [5.41, 5.74) is 8.17. The van der Waals surface area contributed by atoms with E-state index in [-0.39, 0.29) is 24.4 Å². The number of benzene rings is 1. The van der Waals surface area contributed by atoms with Gasteiger partial charge in [-0.05, 0) is 32.3 Å². The summed E-state index contributed by atoms with van der Waals surface area (Å²) in [5, 5.41) is 0. The van der Waals surface area contributed by atoms with Gasteiger partial charge in [0.2, 0.25) is 5.91 Å². The second-order valence-corrected chi connectivity index (χ2v) is 4.89. The van der Waals surface area contributed by atoms with Gasteiger partial charge in [-0.2, -0.15) is 0 Å². The zero-order valence-corrected chi connectivity index (χ0v) is 11.7. The van der Waals surface area contributed by atoms with E-state index in [0.29, 0.717) is 0 Å². The van der Waals surface area contributed by atoms with Crippen LogP contribution in [0, 0.1) is 6.92 Å². The monoisotopic (exact) mass is 268 g/mol. The van der Waals surface area contributed by atoms with E-state index in [0.717, 1.165) is 19.4 Å². The highest BCUT2D eigenvalue weighted by atomic mass is 35.5. The molecule has 2 atom stereocenters. The lowest BCUT2D eigenvalue weighted by atomic mass is 10.0. The van der Waals surface area contributed by atoms with Gasteiger partial charge in [-0.3, -0.25) is 4.79 Å². The van der Waals surface area contributed by atoms with Crippen LogP contribution in [0.2, 0.25) is 0 Å². The Morgan fingerprint density at radius 3 is 2.83 bits per heavy atom. The second kappa shape index (κ2) is 6.21. The Morgan fingerprint density at radius 2 is 2.22 bits per heavy atom. The molecule has 18 heavy (non-hydrogen) atoms. The van der Waals surface area contributed by atoms with Gasteiger partial charge in [0.25, 0.3) is 0 Å². The fourth-order valence-electron chi connectivity index (χ4n) is 2.52. The van der Waals surface area contributed by atoms with Crippen LogP contribution in [0.1, 0.15) is 36.9 Å². The molecule has 2 rings (SSSR count). The average molecular weight is 269 g/mol.